The maximum atomic E-state index is 12.4. The highest BCUT2D eigenvalue weighted by molar-refractivity contribution is 5.74. The highest BCUT2D eigenvalue weighted by Crippen LogP contribution is 2.45. The van der Waals surface area contributed by atoms with E-state index in [-0.39, 0.29) is 18.8 Å². The van der Waals surface area contributed by atoms with E-state index in [1.54, 1.807) is 30.6 Å². The van der Waals surface area contributed by atoms with Crippen molar-refractivity contribution in [1.82, 2.24) is 24.9 Å². The van der Waals surface area contributed by atoms with Crippen LogP contribution in [0, 0.1) is 5.41 Å². The molecule has 0 aromatic carbocycles. The lowest BCUT2D eigenvalue weighted by Crippen LogP contribution is -2.38. The van der Waals surface area contributed by atoms with Gasteiger partial charge in [-0.2, -0.15) is 0 Å². The Morgan fingerprint density at radius 2 is 2.03 bits per heavy atom. The van der Waals surface area contributed by atoms with Crippen molar-refractivity contribution in [2.24, 2.45) is 12.5 Å². The number of unbranched alkanes of at least 4 members (excludes halogenated alkanes) is 2. The number of carbonyl (C=O) groups is 2. The van der Waals surface area contributed by atoms with Crippen LogP contribution >= 0.6 is 0 Å². The Labute approximate surface area is 218 Å². The van der Waals surface area contributed by atoms with E-state index in [9.17, 15) is 14.7 Å². The minimum absolute atomic E-state index is 0.0460. The highest BCUT2D eigenvalue weighted by Gasteiger charge is 2.40. The Bertz CT molecular complexity index is 1110. The van der Waals surface area contributed by atoms with Gasteiger partial charge >= 0.3 is 12.1 Å². The highest BCUT2D eigenvalue weighted by atomic mass is 16.6. The zero-order valence-corrected chi connectivity index (χ0v) is 22.4. The summed E-state index contributed by atoms with van der Waals surface area (Å²) in [5, 5.41) is 18.1. The smallest absolute Gasteiger partial charge is 0.409 e. The van der Waals surface area contributed by atoms with Crippen molar-refractivity contribution < 1.29 is 24.2 Å². The molecule has 0 unspecified atom stereocenters. The largest absolute Gasteiger partial charge is 0.488 e. The van der Waals surface area contributed by atoms with Crippen molar-refractivity contribution in [3.8, 4) is 17.1 Å². The van der Waals surface area contributed by atoms with E-state index >= 15 is 0 Å². The molecule has 0 saturated heterocycles. The van der Waals surface area contributed by atoms with E-state index in [1.807, 2.05) is 12.1 Å². The molecule has 202 valence electrons. The van der Waals surface area contributed by atoms with Gasteiger partial charge in [0.2, 0.25) is 0 Å². The molecule has 0 radical (unpaired) electrons. The summed E-state index contributed by atoms with van der Waals surface area (Å²) >= 11 is 0. The summed E-state index contributed by atoms with van der Waals surface area (Å²) < 4.78 is 13.5. The monoisotopic (exact) mass is 513 g/mol. The summed E-state index contributed by atoms with van der Waals surface area (Å²) in [6, 6.07) is 3.77. The van der Waals surface area contributed by atoms with Gasteiger partial charge in [0.1, 0.15) is 23.7 Å². The summed E-state index contributed by atoms with van der Waals surface area (Å²) in [5.41, 5.74) is 2.02. The number of nitrogens with zero attached hydrogens (tertiary/aromatic N) is 5. The van der Waals surface area contributed by atoms with Gasteiger partial charge in [-0.15, -0.1) is 5.10 Å². The number of pyridine rings is 1. The maximum Gasteiger partial charge on any atom is 0.409 e. The molecule has 2 heterocycles. The topological polar surface area (TPSA) is 120 Å². The molecule has 0 spiro atoms. The first kappa shape index (κ1) is 26.9. The lowest BCUT2D eigenvalue weighted by molar-refractivity contribution is -0.151. The molecule has 0 bridgehead atoms. The molecule has 1 amide bonds. The Kier molecular flexibility index (Phi) is 8.34. The van der Waals surface area contributed by atoms with Gasteiger partial charge in [0.15, 0.2) is 0 Å². The van der Waals surface area contributed by atoms with Crippen LogP contribution in [0.15, 0.2) is 12.1 Å². The molecule has 10 heteroatoms. The van der Waals surface area contributed by atoms with Crippen LogP contribution in [0.1, 0.15) is 88.9 Å². The average molecular weight is 514 g/mol. The minimum Gasteiger partial charge on any atom is -0.488 e. The van der Waals surface area contributed by atoms with Crippen LogP contribution in [0.3, 0.4) is 0 Å². The number of carboxylic acid groups (broad SMARTS) is 1. The molecule has 2 aromatic heterocycles. The second kappa shape index (κ2) is 11.5. The Morgan fingerprint density at radius 3 is 2.73 bits per heavy atom. The number of hydrogen-bond acceptors (Lipinski definition) is 7. The normalized spacial score (nSPS) is 21.5. The maximum absolute atomic E-state index is 12.4. The van der Waals surface area contributed by atoms with Gasteiger partial charge in [-0.1, -0.05) is 25.0 Å². The Hall–Kier alpha value is -3.17. The zero-order valence-electron chi connectivity index (χ0n) is 22.4. The van der Waals surface area contributed by atoms with Crippen molar-refractivity contribution in [2.45, 2.75) is 90.3 Å². The van der Waals surface area contributed by atoms with Crippen molar-refractivity contribution in [3.63, 3.8) is 0 Å². The first-order valence-electron chi connectivity index (χ1n) is 13.4. The third kappa shape index (κ3) is 6.40. The van der Waals surface area contributed by atoms with E-state index in [0.29, 0.717) is 42.4 Å². The minimum atomic E-state index is -0.764. The number of rotatable bonds is 11. The number of carbonyl (C=O) groups excluding carboxylic acids is 1. The quantitative estimate of drug-likeness (QED) is 0.420. The predicted octanol–water partition coefficient (Wildman–Crippen LogP) is 4.93. The van der Waals surface area contributed by atoms with Crippen molar-refractivity contribution in [3.05, 3.63) is 23.5 Å². The molecule has 0 aliphatic heterocycles. The number of amides is 1. The van der Waals surface area contributed by atoms with Crippen molar-refractivity contribution >= 4 is 12.1 Å². The van der Waals surface area contributed by atoms with Crippen LogP contribution in [0.25, 0.3) is 11.4 Å². The fourth-order valence-corrected chi connectivity index (χ4v) is 4.91. The predicted molar refractivity (Wildman–Crippen MR) is 137 cm³/mol. The summed E-state index contributed by atoms with van der Waals surface area (Å²) in [6.07, 6.45) is 7.48. The lowest BCUT2D eigenvalue weighted by atomic mass is 9.74. The number of carboxylic acids is 1. The van der Waals surface area contributed by atoms with E-state index in [0.717, 1.165) is 56.4 Å². The van der Waals surface area contributed by atoms with Crippen LogP contribution in [-0.2, 0) is 23.2 Å². The number of hydrogen-bond donors (Lipinski definition) is 1. The summed E-state index contributed by atoms with van der Waals surface area (Å²) in [4.78, 5) is 30.7. The van der Waals surface area contributed by atoms with Gasteiger partial charge in [-0.3, -0.25) is 4.79 Å². The number of aliphatic carboxylic acids is 1. The third-order valence-electron chi connectivity index (χ3n) is 7.52. The molecular weight excluding hydrogens is 474 g/mol. The van der Waals surface area contributed by atoms with Crippen LogP contribution in [-0.4, -0.2) is 61.7 Å². The standard InChI is InChI=1S/C27H39N5O5/c1-5-6-7-15-31(3)26(35)36-17-21-24(29-30-32(21)4)20-12-13-22(23(28-20)18-10-11-18)37-19-9-8-14-27(2,16-19)25(33)34/h12-13,18-19H,5-11,14-17H2,1-4H3,(H,33,34)/t19-,27-/m0/s1. The van der Waals surface area contributed by atoms with E-state index in [2.05, 4.69) is 17.2 Å². The first-order valence-corrected chi connectivity index (χ1v) is 13.4. The van der Waals surface area contributed by atoms with Crippen LogP contribution < -0.4 is 4.74 Å². The van der Waals surface area contributed by atoms with Gasteiger partial charge in [0.05, 0.1) is 22.9 Å². The molecule has 2 fully saturated rings. The van der Waals surface area contributed by atoms with Gasteiger partial charge in [-0.25, -0.2) is 14.5 Å². The molecule has 2 aliphatic rings. The van der Waals surface area contributed by atoms with Crippen molar-refractivity contribution in [1.29, 1.82) is 0 Å². The fraction of sp³-hybridized carbons (Fsp3) is 0.667. The molecule has 4 rings (SSSR count). The van der Waals surface area contributed by atoms with Gasteiger partial charge in [0, 0.05) is 33.0 Å². The van der Waals surface area contributed by atoms with Crippen LogP contribution in [0.2, 0.25) is 0 Å². The van der Waals surface area contributed by atoms with Crippen LogP contribution in [0.4, 0.5) is 4.79 Å². The summed E-state index contributed by atoms with van der Waals surface area (Å²) in [5.74, 6) is 0.273. The second-order valence-corrected chi connectivity index (χ2v) is 10.7. The van der Waals surface area contributed by atoms with Crippen LogP contribution in [0.5, 0.6) is 5.75 Å². The molecule has 2 atom stereocenters. The Morgan fingerprint density at radius 1 is 1.24 bits per heavy atom. The van der Waals surface area contributed by atoms with Gasteiger partial charge in [0.25, 0.3) is 0 Å². The second-order valence-electron chi connectivity index (χ2n) is 10.7. The molecule has 1 N–H and O–H groups in total. The number of aryl methyl sites for hydroxylation is 1. The van der Waals surface area contributed by atoms with Gasteiger partial charge in [-0.05, 0) is 57.6 Å². The first-order chi connectivity index (χ1) is 17.7. The van der Waals surface area contributed by atoms with E-state index < -0.39 is 11.4 Å². The summed E-state index contributed by atoms with van der Waals surface area (Å²) in [7, 11) is 3.51. The SMILES string of the molecule is CCCCCN(C)C(=O)OCc1c(-c2ccc(O[C@H]3CCC[C@](C)(C(=O)O)C3)c(C3CC3)n2)nnn1C. The van der Waals surface area contributed by atoms with Crippen molar-refractivity contribution in [2.75, 3.05) is 13.6 Å². The molecule has 2 saturated carbocycles. The van der Waals surface area contributed by atoms with E-state index in [1.165, 1.54) is 0 Å². The Balaban J connectivity index is 1.48. The van der Waals surface area contributed by atoms with Gasteiger partial charge < -0.3 is 19.5 Å². The lowest BCUT2D eigenvalue weighted by Gasteiger charge is -2.35. The third-order valence-corrected chi connectivity index (χ3v) is 7.52. The van der Waals surface area contributed by atoms with E-state index in [4.69, 9.17) is 14.5 Å². The molecule has 2 aromatic rings. The molecule has 37 heavy (non-hydrogen) atoms. The average Bonchev–Trinajstić information content (AvgIpc) is 3.65. The fourth-order valence-electron chi connectivity index (χ4n) is 4.91. The molecular formula is C27H39N5O5. The number of aromatic nitrogens is 4. The summed E-state index contributed by atoms with van der Waals surface area (Å²) in [6.45, 7) is 4.63. The zero-order chi connectivity index (χ0) is 26.6. The molecule has 10 nitrogen and oxygen atoms in total. The number of ether oxygens (including phenoxy) is 2. The molecule has 2 aliphatic carbocycles.